The van der Waals surface area contributed by atoms with Gasteiger partial charge in [-0.2, -0.15) is 10.5 Å². The average Bonchev–Trinajstić information content (AvgIpc) is 3.16. The predicted molar refractivity (Wildman–Crippen MR) is 102 cm³/mol. The van der Waals surface area contributed by atoms with Gasteiger partial charge in [-0.3, -0.25) is 4.79 Å². The minimum atomic E-state index is -0.517. The van der Waals surface area contributed by atoms with Crippen molar-refractivity contribution in [3.63, 3.8) is 0 Å². The van der Waals surface area contributed by atoms with Crippen molar-refractivity contribution in [1.29, 1.82) is 10.5 Å². The molecule has 0 spiro atoms. The summed E-state index contributed by atoms with van der Waals surface area (Å²) < 4.78 is 5.70. The molecule has 3 rings (SSSR count). The van der Waals surface area contributed by atoms with Gasteiger partial charge in [0.25, 0.3) is 5.91 Å². The number of carbonyl (C=O) groups is 1. The fraction of sp³-hybridized carbons (Fsp3) is 0.0455. The first-order valence-corrected chi connectivity index (χ1v) is 8.20. The van der Waals surface area contributed by atoms with E-state index < -0.39 is 5.91 Å². The van der Waals surface area contributed by atoms with Gasteiger partial charge in [0.05, 0.1) is 11.6 Å². The first kappa shape index (κ1) is 17.7. The SMILES string of the molecule is Cc1ccc(NC(=O)C(C#N)=Cc2ccc(-c3ccccc3C#N)o2)cc1. The molecule has 1 amide bonds. The van der Waals surface area contributed by atoms with Crippen molar-refractivity contribution in [2.24, 2.45) is 0 Å². The molecule has 130 valence electrons. The Morgan fingerprint density at radius 1 is 1.04 bits per heavy atom. The second-order valence-corrected chi connectivity index (χ2v) is 5.85. The van der Waals surface area contributed by atoms with Crippen molar-refractivity contribution in [3.05, 3.63) is 83.1 Å². The Bertz CT molecular complexity index is 1090. The molecule has 1 N–H and O–H groups in total. The lowest BCUT2D eigenvalue weighted by molar-refractivity contribution is -0.112. The van der Waals surface area contributed by atoms with Gasteiger partial charge in [0.2, 0.25) is 0 Å². The predicted octanol–water partition coefficient (Wildman–Crippen LogP) is 4.67. The minimum absolute atomic E-state index is 0.0787. The van der Waals surface area contributed by atoms with Gasteiger partial charge in [0.1, 0.15) is 23.2 Å². The number of carbonyl (C=O) groups excluding carboxylic acids is 1. The van der Waals surface area contributed by atoms with Crippen LogP contribution >= 0.6 is 0 Å². The fourth-order valence-electron chi connectivity index (χ4n) is 2.50. The lowest BCUT2D eigenvalue weighted by atomic mass is 10.1. The summed E-state index contributed by atoms with van der Waals surface area (Å²) in [5.74, 6) is 0.333. The van der Waals surface area contributed by atoms with E-state index in [-0.39, 0.29) is 5.57 Å². The average molecular weight is 353 g/mol. The third-order valence-corrected chi connectivity index (χ3v) is 3.90. The fourth-order valence-corrected chi connectivity index (χ4v) is 2.50. The summed E-state index contributed by atoms with van der Waals surface area (Å²) in [6.45, 7) is 1.95. The molecule has 2 aromatic carbocycles. The van der Waals surface area contributed by atoms with Crippen LogP contribution in [-0.2, 0) is 4.79 Å². The summed E-state index contributed by atoms with van der Waals surface area (Å²) in [4.78, 5) is 12.3. The second kappa shape index (κ2) is 7.86. The molecule has 5 heteroatoms. The van der Waals surface area contributed by atoms with Crippen molar-refractivity contribution < 1.29 is 9.21 Å². The molecule has 0 radical (unpaired) electrons. The minimum Gasteiger partial charge on any atom is -0.457 e. The Kier molecular flexibility index (Phi) is 5.16. The molecule has 1 aromatic heterocycles. The summed E-state index contributed by atoms with van der Waals surface area (Å²) in [7, 11) is 0. The molecule has 5 nitrogen and oxygen atoms in total. The molecule has 1 heterocycles. The van der Waals surface area contributed by atoms with Gasteiger partial charge in [0, 0.05) is 17.3 Å². The summed E-state index contributed by atoms with van der Waals surface area (Å²) in [6, 6.07) is 21.7. The Balaban J connectivity index is 1.83. The topological polar surface area (TPSA) is 89.8 Å². The van der Waals surface area contributed by atoms with Crippen molar-refractivity contribution >= 4 is 17.7 Å². The highest BCUT2D eigenvalue weighted by molar-refractivity contribution is 6.09. The van der Waals surface area contributed by atoms with Crippen LogP contribution in [0.3, 0.4) is 0 Å². The van der Waals surface area contributed by atoms with Crippen molar-refractivity contribution in [1.82, 2.24) is 0 Å². The quantitative estimate of drug-likeness (QED) is 0.545. The number of furan rings is 1. The van der Waals surface area contributed by atoms with Crippen LogP contribution in [0.4, 0.5) is 5.69 Å². The van der Waals surface area contributed by atoms with Crippen LogP contribution in [0.1, 0.15) is 16.9 Å². The number of hydrogen-bond acceptors (Lipinski definition) is 4. The largest absolute Gasteiger partial charge is 0.457 e. The van der Waals surface area contributed by atoms with E-state index in [0.717, 1.165) is 5.56 Å². The molecule has 0 bridgehead atoms. The van der Waals surface area contributed by atoms with E-state index in [1.54, 1.807) is 42.5 Å². The van der Waals surface area contributed by atoms with Gasteiger partial charge in [-0.1, -0.05) is 29.8 Å². The molecule has 0 saturated carbocycles. The van der Waals surface area contributed by atoms with Crippen molar-refractivity contribution in [2.45, 2.75) is 6.92 Å². The van der Waals surface area contributed by atoms with Crippen LogP contribution in [0.15, 0.2) is 70.7 Å². The Labute approximate surface area is 156 Å². The van der Waals surface area contributed by atoms with Crippen molar-refractivity contribution in [3.8, 4) is 23.5 Å². The van der Waals surface area contributed by atoms with E-state index >= 15 is 0 Å². The van der Waals surface area contributed by atoms with Gasteiger partial charge in [-0.25, -0.2) is 0 Å². The molecule has 0 fully saturated rings. The van der Waals surface area contributed by atoms with Crippen LogP contribution < -0.4 is 5.32 Å². The molecule has 0 aliphatic rings. The monoisotopic (exact) mass is 353 g/mol. The Hall–Kier alpha value is -4.09. The normalized spacial score (nSPS) is 10.7. The second-order valence-electron chi connectivity index (χ2n) is 5.85. The van der Waals surface area contributed by atoms with Gasteiger partial charge >= 0.3 is 0 Å². The van der Waals surface area contributed by atoms with Crippen LogP contribution in [0, 0.1) is 29.6 Å². The lowest BCUT2D eigenvalue weighted by Gasteiger charge is -2.04. The molecular formula is C22H15N3O2. The summed E-state index contributed by atoms with van der Waals surface area (Å²) >= 11 is 0. The number of anilines is 1. The van der Waals surface area contributed by atoms with Crippen LogP contribution in [-0.4, -0.2) is 5.91 Å². The molecule has 27 heavy (non-hydrogen) atoms. The van der Waals surface area contributed by atoms with Gasteiger partial charge < -0.3 is 9.73 Å². The van der Waals surface area contributed by atoms with Gasteiger partial charge in [-0.05, 0) is 43.3 Å². The standard InChI is InChI=1S/C22H15N3O2/c1-15-6-8-18(9-7-15)25-22(26)17(14-24)12-19-10-11-21(27-19)20-5-3-2-4-16(20)13-23/h2-12H,1H3,(H,25,26). The number of amides is 1. The zero-order chi connectivity index (χ0) is 19.2. The highest BCUT2D eigenvalue weighted by atomic mass is 16.3. The zero-order valence-electron chi connectivity index (χ0n) is 14.6. The van der Waals surface area contributed by atoms with Crippen molar-refractivity contribution in [2.75, 3.05) is 5.32 Å². The van der Waals surface area contributed by atoms with Crippen LogP contribution in [0.2, 0.25) is 0 Å². The maximum atomic E-state index is 12.3. The Morgan fingerprint density at radius 3 is 2.48 bits per heavy atom. The highest BCUT2D eigenvalue weighted by Gasteiger charge is 2.12. The van der Waals surface area contributed by atoms with Gasteiger partial charge in [-0.15, -0.1) is 0 Å². The number of hydrogen-bond donors (Lipinski definition) is 1. The third kappa shape index (κ3) is 4.12. The number of rotatable bonds is 4. The van der Waals surface area contributed by atoms with Gasteiger partial charge in [0.15, 0.2) is 0 Å². The van der Waals surface area contributed by atoms with E-state index in [1.807, 2.05) is 31.2 Å². The number of nitrogens with zero attached hydrogens (tertiary/aromatic N) is 2. The highest BCUT2D eigenvalue weighted by Crippen LogP contribution is 2.26. The Morgan fingerprint density at radius 2 is 1.78 bits per heavy atom. The van der Waals surface area contributed by atoms with E-state index in [4.69, 9.17) is 4.42 Å². The molecule has 0 atom stereocenters. The van der Waals surface area contributed by atoms with E-state index in [2.05, 4.69) is 11.4 Å². The van der Waals surface area contributed by atoms with E-state index in [1.165, 1.54) is 6.08 Å². The maximum Gasteiger partial charge on any atom is 0.266 e. The molecule has 0 saturated heterocycles. The first-order valence-electron chi connectivity index (χ1n) is 8.20. The van der Waals surface area contributed by atoms with Crippen LogP contribution in [0.5, 0.6) is 0 Å². The van der Waals surface area contributed by atoms with E-state index in [9.17, 15) is 15.3 Å². The summed E-state index contributed by atoms with van der Waals surface area (Å²) in [6.07, 6.45) is 1.38. The molecule has 0 aliphatic carbocycles. The molecule has 3 aromatic rings. The number of aryl methyl sites for hydroxylation is 1. The number of nitrogens with one attached hydrogen (secondary N) is 1. The zero-order valence-corrected chi connectivity index (χ0v) is 14.6. The van der Waals surface area contributed by atoms with E-state index in [0.29, 0.717) is 28.3 Å². The maximum absolute atomic E-state index is 12.3. The van der Waals surface area contributed by atoms with Crippen LogP contribution in [0.25, 0.3) is 17.4 Å². The molecule has 0 aliphatic heterocycles. The number of nitriles is 2. The molecular weight excluding hydrogens is 338 g/mol. The first-order chi connectivity index (χ1) is 13.1. The molecule has 0 unspecified atom stereocenters. The summed E-state index contributed by atoms with van der Waals surface area (Å²) in [5.41, 5.74) is 2.74. The summed E-state index contributed by atoms with van der Waals surface area (Å²) in [5, 5.41) is 21.2. The number of benzene rings is 2. The lowest BCUT2D eigenvalue weighted by Crippen LogP contribution is -2.13. The smallest absolute Gasteiger partial charge is 0.266 e. The third-order valence-electron chi connectivity index (χ3n) is 3.90.